The van der Waals surface area contributed by atoms with Crippen molar-refractivity contribution in [3.63, 3.8) is 0 Å². The van der Waals surface area contributed by atoms with Gasteiger partial charge in [0.25, 0.3) is 0 Å². The summed E-state index contributed by atoms with van der Waals surface area (Å²) in [5.41, 5.74) is 9.13. The number of halogens is 1. The first kappa shape index (κ1) is 9.87. The molecular weight excluding hydrogens is 222 g/mol. The van der Waals surface area contributed by atoms with Crippen molar-refractivity contribution in [2.45, 2.75) is 18.9 Å². The molecule has 1 aromatic carbocycles. The Kier molecular flexibility index (Phi) is 2.23. The minimum absolute atomic E-state index is 0.0822. The Morgan fingerprint density at radius 1 is 1.38 bits per heavy atom. The molecule has 82 valence electrons. The second-order valence-electron chi connectivity index (χ2n) is 4.08. The quantitative estimate of drug-likeness (QED) is 0.823. The topological polar surface area (TPSA) is 43.8 Å². The molecule has 3 nitrogen and oxygen atoms in total. The van der Waals surface area contributed by atoms with Crippen LogP contribution in [0, 0.1) is 0 Å². The first-order valence-electron chi connectivity index (χ1n) is 5.34. The van der Waals surface area contributed by atoms with Crippen molar-refractivity contribution in [3.05, 3.63) is 46.7 Å². The highest BCUT2D eigenvalue weighted by molar-refractivity contribution is 6.32. The van der Waals surface area contributed by atoms with Gasteiger partial charge in [0, 0.05) is 12.2 Å². The Labute approximate surface area is 98.8 Å². The molecular formula is C12H12ClN3. The van der Waals surface area contributed by atoms with Gasteiger partial charge in [-0.05, 0) is 30.5 Å². The minimum Gasteiger partial charge on any atom is -0.323 e. The van der Waals surface area contributed by atoms with Gasteiger partial charge in [-0.25, -0.2) is 4.68 Å². The highest BCUT2D eigenvalue weighted by Gasteiger charge is 2.23. The van der Waals surface area contributed by atoms with Crippen molar-refractivity contribution < 1.29 is 0 Å². The van der Waals surface area contributed by atoms with Crippen molar-refractivity contribution in [1.82, 2.24) is 9.78 Å². The molecule has 1 aromatic heterocycles. The molecule has 0 saturated carbocycles. The fourth-order valence-electron chi connectivity index (χ4n) is 2.14. The summed E-state index contributed by atoms with van der Waals surface area (Å²) in [6.07, 6.45) is 4.05. The molecule has 1 aliphatic carbocycles. The zero-order chi connectivity index (χ0) is 11.1. The standard InChI is InChI=1S/C12H12ClN3/c13-9-3-1-2-4-11(9)16-7-8-5-6-10(14)12(8)15-16/h1-4,7,10H,5-6,14H2. The molecule has 0 amide bonds. The smallest absolute Gasteiger partial charge is 0.0831 e. The maximum atomic E-state index is 6.13. The van der Waals surface area contributed by atoms with Crippen molar-refractivity contribution >= 4 is 11.6 Å². The van der Waals surface area contributed by atoms with Crippen molar-refractivity contribution in [1.29, 1.82) is 0 Å². The highest BCUT2D eigenvalue weighted by Crippen LogP contribution is 2.29. The Morgan fingerprint density at radius 2 is 2.19 bits per heavy atom. The molecule has 16 heavy (non-hydrogen) atoms. The predicted molar refractivity (Wildman–Crippen MR) is 63.8 cm³/mol. The normalized spacial score (nSPS) is 18.8. The molecule has 0 spiro atoms. The number of hydrogen-bond acceptors (Lipinski definition) is 2. The Bertz CT molecular complexity index is 533. The number of rotatable bonds is 1. The predicted octanol–water partition coefficient (Wildman–Crippen LogP) is 2.47. The summed E-state index contributed by atoms with van der Waals surface area (Å²) >= 11 is 6.13. The van der Waals surface area contributed by atoms with Crippen LogP contribution in [0.3, 0.4) is 0 Å². The SMILES string of the molecule is NC1CCc2cn(-c3ccccc3Cl)nc21. The summed E-state index contributed by atoms with van der Waals surface area (Å²) < 4.78 is 1.83. The summed E-state index contributed by atoms with van der Waals surface area (Å²) in [7, 11) is 0. The van der Waals surface area contributed by atoms with Crippen LogP contribution >= 0.6 is 11.6 Å². The van der Waals surface area contributed by atoms with E-state index in [1.54, 1.807) is 0 Å². The highest BCUT2D eigenvalue weighted by atomic mass is 35.5. The maximum absolute atomic E-state index is 6.13. The Balaban J connectivity index is 2.09. The molecule has 0 bridgehead atoms. The van der Waals surface area contributed by atoms with Crippen molar-refractivity contribution in [3.8, 4) is 5.69 Å². The van der Waals surface area contributed by atoms with E-state index in [9.17, 15) is 0 Å². The van der Waals surface area contributed by atoms with Crippen molar-refractivity contribution in [2.75, 3.05) is 0 Å². The van der Waals surface area contributed by atoms with Gasteiger partial charge >= 0.3 is 0 Å². The van der Waals surface area contributed by atoms with E-state index >= 15 is 0 Å². The molecule has 1 heterocycles. The molecule has 1 unspecified atom stereocenters. The number of nitrogens with zero attached hydrogens (tertiary/aromatic N) is 2. The van der Waals surface area contributed by atoms with Gasteiger partial charge in [-0.2, -0.15) is 5.10 Å². The van der Waals surface area contributed by atoms with E-state index in [-0.39, 0.29) is 6.04 Å². The lowest BCUT2D eigenvalue weighted by Crippen LogP contribution is -2.08. The largest absolute Gasteiger partial charge is 0.323 e. The molecule has 0 radical (unpaired) electrons. The third-order valence-corrected chi connectivity index (χ3v) is 3.32. The van der Waals surface area contributed by atoms with Gasteiger partial charge < -0.3 is 5.73 Å². The third-order valence-electron chi connectivity index (χ3n) is 3.00. The lowest BCUT2D eigenvalue weighted by molar-refractivity contribution is 0.669. The summed E-state index contributed by atoms with van der Waals surface area (Å²) in [4.78, 5) is 0. The summed E-state index contributed by atoms with van der Waals surface area (Å²) in [6.45, 7) is 0. The van der Waals surface area contributed by atoms with Gasteiger partial charge in [-0.1, -0.05) is 23.7 Å². The van der Waals surface area contributed by atoms with E-state index in [0.717, 1.165) is 24.2 Å². The molecule has 0 aliphatic heterocycles. The van der Waals surface area contributed by atoms with Crippen LogP contribution < -0.4 is 5.73 Å². The van der Waals surface area contributed by atoms with Crippen LogP contribution in [-0.2, 0) is 6.42 Å². The van der Waals surface area contributed by atoms with Crippen LogP contribution in [0.25, 0.3) is 5.69 Å². The second-order valence-corrected chi connectivity index (χ2v) is 4.49. The van der Waals surface area contributed by atoms with Gasteiger partial charge in [0.2, 0.25) is 0 Å². The molecule has 1 aliphatic rings. The number of hydrogen-bond donors (Lipinski definition) is 1. The lowest BCUT2D eigenvalue weighted by atomic mass is 10.3. The average molecular weight is 234 g/mol. The van der Waals surface area contributed by atoms with E-state index < -0.39 is 0 Å². The zero-order valence-corrected chi connectivity index (χ0v) is 9.48. The molecule has 0 saturated heterocycles. The van der Waals surface area contributed by atoms with Crippen molar-refractivity contribution in [2.24, 2.45) is 5.73 Å². The summed E-state index contributed by atoms with van der Waals surface area (Å²) in [5, 5.41) is 5.22. The first-order valence-corrected chi connectivity index (χ1v) is 5.72. The van der Waals surface area contributed by atoms with E-state index in [2.05, 4.69) is 5.10 Å². The fourth-order valence-corrected chi connectivity index (χ4v) is 2.36. The van der Waals surface area contributed by atoms with E-state index in [0.29, 0.717) is 5.02 Å². The first-order chi connectivity index (χ1) is 7.75. The maximum Gasteiger partial charge on any atom is 0.0831 e. The van der Waals surface area contributed by atoms with E-state index in [1.807, 2.05) is 35.1 Å². The van der Waals surface area contributed by atoms with Crippen LogP contribution in [0.2, 0.25) is 5.02 Å². The van der Waals surface area contributed by atoms with Gasteiger partial charge in [0.05, 0.1) is 16.4 Å². The third kappa shape index (κ3) is 1.44. The number of para-hydroxylation sites is 1. The van der Waals surface area contributed by atoms with Gasteiger partial charge in [-0.15, -0.1) is 0 Å². The summed E-state index contributed by atoms with van der Waals surface area (Å²) in [6, 6.07) is 7.77. The van der Waals surface area contributed by atoms with Gasteiger partial charge in [0.1, 0.15) is 0 Å². The number of aryl methyl sites for hydroxylation is 1. The lowest BCUT2D eigenvalue weighted by Gasteiger charge is -2.05. The Hall–Kier alpha value is -1.32. The summed E-state index contributed by atoms with van der Waals surface area (Å²) in [5.74, 6) is 0. The minimum atomic E-state index is 0.0822. The molecule has 1 atom stereocenters. The molecule has 3 rings (SSSR count). The number of aromatic nitrogens is 2. The van der Waals surface area contributed by atoms with Gasteiger partial charge in [0.15, 0.2) is 0 Å². The van der Waals surface area contributed by atoms with E-state index in [4.69, 9.17) is 17.3 Å². The van der Waals surface area contributed by atoms with Crippen LogP contribution in [0.1, 0.15) is 23.7 Å². The molecule has 4 heteroatoms. The van der Waals surface area contributed by atoms with E-state index in [1.165, 1.54) is 5.56 Å². The molecule has 2 aromatic rings. The number of nitrogens with two attached hydrogens (primary N) is 1. The average Bonchev–Trinajstić information content (AvgIpc) is 2.82. The number of fused-ring (bicyclic) bond motifs is 1. The van der Waals surface area contributed by atoms with Crippen LogP contribution in [0.15, 0.2) is 30.5 Å². The van der Waals surface area contributed by atoms with Crippen LogP contribution in [-0.4, -0.2) is 9.78 Å². The fraction of sp³-hybridized carbons (Fsp3) is 0.250. The molecule has 2 N–H and O–H groups in total. The van der Waals surface area contributed by atoms with Crippen LogP contribution in [0.5, 0.6) is 0 Å². The second kappa shape index (κ2) is 3.61. The monoisotopic (exact) mass is 233 g/mol. The number of benzene rings is 1. The Morgan fingerprint density at radius 3 is 2.94 bits per heavy atom. The zero-order valence-electron chi connectivity index (χ0n) is 8.73. The van der Waals surface area contributed by atoms with Crippen LogP contribution in [0.4, 0.5) is 0 Å². The molecule has 0 fully saturated rings. The van der Waals surface area contributed by atoms with Gasteiger partial charge in [-0.3, -0.25) is 0 Å².